The second kappa shape index (κ2) is 5.25. The zero-order valence-electron chi connectivity index (χ0n) is 12.3. The number of carbonyl (C=O) groups is 1. The van der Waals surface area contributed by atoms with Crippen LogP contribution in [-0.2, 0) is 0 Å². The third-order valence-corrected chi connectivity index (χ3v) is 5.01. The molecule has 2 bridgehead atoms. The molecular weight excluding hydrogens is 278 g/mol. The number of aromatic amines is 1. The zero-order valence-corrected chi connectivity index (χ0v) is 12.3. The first kappa shape index (κ1) is 13.5. The SMILES string of the molecule is O=C(N[C@H]1CN2CCC1CC2)c1c[nH]c2ccccc2c1=O. The molecule has 4 heterocycles. The van der Waals surface area contributed by atoms with Gasteiger partial charge in [0, 0.05) is 29.7 Å². The van der Waals surface area contributed by atoms with E-state index < -0.39 is 0 Å². The van der Waals surface area contributed by atoms with Gasteiger partial charge in [0.2, 0.25) is 5.43 Å². The maximum atomic E-state index is 12.5. The molecule has 1 aromatic carbocycles. The highest BCUT2D eigenvalue weighted by molar-refractivity contribution is 5.97. The number of piperidine rings is 3. The van der Waals surface area contributed by atoms with Crippen LogP contribution in [0.5, 0.6) is 0 Å². The van der Waals surface area contributed by atoms with Crippen LogP contribution in [0.4, 0.5) is 0 Å². The summed E-state index contributed by atoms with van der Waals surface area (Å²) in [6.45, 7) is 3.17. The molecule has 22 heavy (non-hydrogen) atoms. The van der Waals surface area contributed by atoms with Crippen molar-refractivity contribution in [1.29, 1.82) is 0 Å². The third-order valence-electron chi connectivity index (χ3n) is 5.01. The molecular formula is C17H19N3O2. The standard InChI is InChI=1S/C17H19N3O2/c21-16-12-3-1-2-4-14(12)18-9-13(16)17(22)19-15-10-20-7-5-11(15)6-8-20/h1-4,9,11,15H,5-8,10H2,(H,18,21)(H,19,22)/t15-/m0/s1. The van der Waals surface area contributed by atoms with Crippen molar-refractivity contribution in [3.05, 3.63) is 46.2 Å². The molecule has 0 unspecified atom stereocenters. The first-order valence-electron chi connectivity index (χ1n) is 7.86. The summed E-state index contributed by atoms with van der Waals surface area (Å²) in [4.78, 5) is 30.4. The molecule has 1 atom stereocenters. The quantitative estimate of drug-likeness (QED) is 0.879. The van der Waals surface area contributed by atoms with Crippen molar-refractivity contribution in [3.8, 4) is 0 Å². The monoisotopic (exact) mass is 297 g/mol. The summed E-state index contributed by atoms with van der Waals surface area (Å²) in [6, 6.07) is 7.43. The number of fused-ring (bicyclic) bond motifs is 4. The number of nitrogens with zero attached hydrogens (tertiary/aromatic N) is 1. The van der Waals surface area contributed by atoms with Crippen molar-refractivity contribution in [1.82, 2.24) is 15.2 Å². The Balaban J connectivity index is 1.60. The zero-order chi connectivity index (χ0) is 15.1. The molecule has 3 aliphatic rings. The van der Waals surface area contributed by atoms with E-state index in [4.69, 9.17) is 0 Å². The van der Waals surface area contributed by atoms with E-state index in [-0.39, 0.29) is 22.9 Å². The maximum absolute atomic E-state index is 12.5. The van der Waals surface area contributed by atoms with E-state index in [1.165, 1.54) is 6.20 Å². The summed E-state index contributed by atoms with van der Waals surface area (Å²) in [6.07, 6.45) is 3.80. The number of hydrogen-bond acceptors (Lipinski definition) is 3. The molecule has 0 radical (unpaired) electrons. The number of hydrogen-bond donors (Lipinski definition) is 2. The second-order valence-corrected chi connectivity index (χ2v) is 6.30. The minimum atomic E-state index is -0.259. The number of benzene rings is 1. The van der Waals surface area contributed by atoms with E-state index in [1.54, 1.807) is 6.07 Å². The molecule has 0 saturated carbocycles. The number of nitrogens with one attached hydrogen (secondary N) is 2. The fraction of sp³-hybridized carbons (Fsp3) is 0.412. The lowest BCUT2D eigenvalue weighted by atomic mass is 9.84. The Morgan fingerprint density at radius 1 is 1.23 bits per heavy atom. The topological polar surface area (TPSA) is 65.2 Å². The molecule has 3 fully saturated rings. The molecule has 3 aliphatic heterocycles. The van der Waals surface area contributed by atoms with Crippen LogP contribution in [-0.4, -0.2) is 41.5 Å². The van der Waals surface area contributed by atoms with Crippen LogP contribution < -0.4 is 10.7 Å². The molecule has 1 aromatic heterocycles. The molecule has 114 valence electrons. The van der Waals surface area contributed by atoms with Crippen molar-refractivity contribution >= 4 is 16.8 Å². The average Bonchev–Trinajstić information content (AvgIpc) is 2.56. The van der Waals surface area contributed by atoms with Crippen LogP contribution in [0.15, 0.2) is 35.3 Å². The van der Waals surface area contributed by atoms with E-state index in [0.29, 0.717) is 11.3 Å². The molecule has 5 nitrogen and oxygen atoms in total. The summed E-state index contributed by atoms with van der Waals surface area (Å²) in [5.74, 6) is 0.291. The van der Waals surface area contributed by atoms with Gasteiger partial charge in [-0.15, -0.1) is 0 Å². The number of aromatic nitrogens is 1. The van der Waals surface area contributed by atoms with Crippen LogP contribution in [0.3, 0.4) is 0 Å². The molecule has 5 rings (SSSR count). The van der Waals surface area contributed by atoms with E-state index >= 15 is 0 Å². The van der Waals surface area contributed by atoms with E-state index in [9.17, 15) is 9.59 Å². The van der Waals surface area contributed by atoms with Gasteiger partial charge in [0.05, 0.1) is 0 Å². The summed E-state index contributed by atoms with van der Waals surface area (Å²) in [5.41, 5.74) is 0.759. The molecule has 5 heteroatoms. The third kappa shape index (κ3) is 2.22. The van der Waals surface area contributed by atoms with E-state index in [0.717, 1.165) is 38.0 Å². The lowest BCUT2D eigenvalue weighted by Gasteiger charge is -2.44. The van der Waals surface area contributed by atoms with Gasteiger partial charge in [-0.3, -0.25) is 9.59 Å². The fourth-order valence-corrected chi connectivity index (χ4v) is 3.71. The molecule has 0 spiro atoms. The number of carbonyl (C=O) groups excluding carboxylic acids is 1. The van der Waals surface area contributed by atoms with Crippen molar-refractivity contribution in [2.24, 2.45) is 5.92 Å². The maximum Gasteiger partial charge on any atom is 0.257 e. The number of amides is 1. The first-order chi connectivity index (χ1) is 10.7. The number of para-hydroxylation sites is 1. The summed E-state index contributed by atoms with van der Waals surface area (Å²) in [5, 5.41) is 3.63. The Hall–Kier alpha value is -2.14. The van der Waals surface area contributed by atoms with Crippen LogP contribution in [0.25, 0.3) is 10.9 Å². The Morgan fingerprint density at radius 3 is 2.73 bits per heavy atom. The predicted molar refractivity (Wildman–Crippen MR) is 85.0 cm³/mol. The van der Waals surface area contributed by atoms with Crippen LogP contribution >= 0.6 is 0 Å². The van der Waals surface area contributed by atoms with E-state index in [2.05, 4.69) is 15.2 Å². The summed E-state index contributed by atoms with van der Waals surface area (Å²) < 4.78 is 0. The number of H-pyrrole nitrogens is 1. The Kier molecular flexibility index (Phi) is 3.22. The smallest absolute Gasteiger partial charge is 0.257 e. The van der Waals surface area contributed by atoms with Gasteiger partial charge in [0.25, 0.3) is 5.91 Å². The van der Waals surface area contributed by atoms with Crippen LogP contribution in [0.1, 0.15) is 23.2 Å². The number of rotatable bonds is 2. The van der Waals surface area contributed by atoms with Crippen LogP contribution in [0, 0.1) is 5.92 Å². The highest BCUT2D eigenvalue weighted by Gasteiger charge is 2.35. The first-order valence-corrected chi connectivity index (χ1v) is 7.86. The molecule has 2 aromatic rings. The summed E-state index contributed by atoms with van der Waals surface area (Å²) >= 11 is 0. The average molecular weight is 297 g/mol. The van der Waals surface area contributed by atoms with Crippen molar-refractivity contribution < 1.29 is 4.79 Å². The predicted octanol–water partition coefficient (Wildman–Crippen LogP) is 1.35. The fourth-order valence-electron chi connectivity index (χ4n) is 3.71. The highest BCUT2D eigenvalue weighted by Crippen LogP contribution is 2.27. The van der Waals surface area contributed by atoms with Gasteiger partial charge >= 0.3 is 0 Å². The van der Waals surface area contributed by atoms with E-state index in [1.807, 2.05) is 18.2 Å². The van der Waals surface area contributed by atoms with Gasteiger partial charge in [-0.1, -0.05) is 12.1 Å². The molecule has 0 aliphatic carbocycles. The molecule has 1 amide bonds. The highest BCUT2D eigenvalue weighted by atomic mass is 16.2. The second-order valence-electron chi connectivity index (χ2n) is 6.30. The molecule has 3 saturated heterocycles. The van der Waals surface area contributed by atoms with Crippen LogP contribution in [0.2, 0.25) is 0 Å². The minimum Gasteiger partial charge on any atom is -0.360 e. The summed E-state index contributed by atoms with van der Waals surface area (Å²) in [7, 11) is 0. The van der Waals surface area contributed by atoms with Gasteiger partial charge in [0.15, 0.2) is 0 Å². The Morgan fingerprint density at radius 2 is 2.00 bits per heavy atom. The lowest BCUT2D eigenvalue weighted by Crippen LogP contribution is -2.57. The van der Waals surface area contributed by atoms with Gasteiger partial charge in [-0.2, -0.15) is 0 Å². The van der Waals surface area contributed by atoms with Crippen molar-refractivity contribution in [2.45, 2.75) is 18.9 Å². The van der Waals surface area contributed by atoms with Gasteiger partial charge in [0.1, 0.15) is 5.56 Å². The van der Waals surface area contributed by atoms with Gasteiger partial charge < -0.3 is 15.2 Å². The minimum absolute atomic E-state index is 0.167. The normalized spacial score (nSPS) is 27.0. The molecule has 2 N–H and O–H groups in total. The van der Waals surface area contributed by atoms with Gasteiger partial charge in [-0.05, 0) is 44.0 Å². The lowest BCUT2D eigenvalue weighted by molar-refractivity contribution is 0.0620. The van der Waals surface area contributed by atoms with Crippen molar-refractivity contribution in [3.63, 3.8) is 0 Å². The Bertz CT molecular complexity index is 775. The Labute approximate surface area is 128 Å². The number of pyridine rings is 1. The van der Waals surface area contributed by atoms with Gasteiger partial charge in [-0.25, -0.2) is 0 Å². The largest absolute Gasteiger partial charge is 0.360 e. The van der Waals surface area contributed by atoms with Crippen molar-refractivity contribution in [2.75, 3.05) is 19.6 Å².